The molecule has 0 amide bonds. The lowest BCUT2D eigenvalue weighted by molar-refractivity contribution is 0.423. The molecule has 0 aliphatic heterocycles. The predicted octanol–water partition coefficient (Wildman–Crippen LogP) is 4.58. The zero-order valence-corrected chi connectivity index (χ0v) is 14.6. The summed E-state index contributed by atoms with van der Waals surface area (Å²) >= 11 is 0. The van der Waals surface area contributed by atoms with Gasteiger partial charge < -0.3 is 10.2 Å². The molecule has 0 heterocycles. The third-order valence-electron chi connectivity index (χ3n) is 3.71. The molecule has 0 radical (unpaired) electrons. The summed E-state index contributed by atoms with van der Waals surface area (Å²) in [5.41, 5.74) is 1.76. The molecule has 21 heavy (non-hydrogen) atoms. The number of para-hydroxylation sites is 1. The van der Waals surface area contributed by atoms with Gasteiger partial charge in [0.05, 0.1) is 5.69 Å². The van der Waals surface area contributed by atoms with Crippen LogP contribution in [0.1, 0.15) is 53.5 Å². The highest BCUT2D eigenvalue weighted by atomic mass is 19.1. The van der Waals surface area contributed by atoms with Crippen LogP contribution in [-0.2, 0) is 6.54 Å². The fourth-order valence-corrected chi connectivity index (χ4v) is 2.52. The van der Waals surface area contributed by atoms with E-state index in [1.165, 1.54) is 0 Å². The van der Waals surface area contributed by atoms with Crippen LogP contribution in [0.25, 0.3) is 0 Å². The molecule has 0 bridgehead atoms. The predicted molar refractivity (Wildman–Crippen MR) is 90.3 cm³/mol. The molecule has 0 aromatic heterocycles. The maximum atomic E-state index is 14.3. The van der Waals surface area contributed by atoms with Gasteiger partial charge in [-0.1, -0.05) is 26.0 Å². The van der Waals surface area contributed by atoms with Crippen molar-refractivity contribution in [2.24, 2.45) is 5.92 Å². The fourth-order valence-electron chi connectivity index (χ4n) is 2.52. The third-order valence-corrected chi connectivity index (χ3v) is 3.71. The minimum atomic E-state index is -0.138. The molecule has 1 atom stereocenters. The van der Waals surface area contributed by atoms with Crippen molar-refractivity contribution < 1.29 is 4.39 Å². The van der Waals surface area contributed by atoms with Crippen LogP contribution in [0.15, 0.2) is 18.2 Å². The lowest BCUT2D eigenvalue weighted by Gasteiger charge is -2.31. The maximum Gasteiger partial charge on any atom is 0.146 e. The molecule has 2 nitrogen and oxygen atoms in total. The van der Waals surface area contributed by atoms with Crippen molar-refractivity contribution in [3.63, 3.8) is 0 Å². The van der Waals surface area contributed by atoms with Gasteiger partial charge in [-0.25, -0.2) is 4.39 Å². The Morgan fingerprint density at radius 1 is 1.19 bits per heavy atom. The Morgan fingerprint density at radius 2 is 1.81 bits per heavy atom. The number of hydrogen-bond donors (Lipinski definition) is 1. The second kappa shape index (κ2) is 7.26. The molecule has 1 N–H and O–H groups in total. The quantitative estimate of drug-likeness (QED) is 0.826. The lowest BCUT2D eigenvalue weighted by Crippen LogP contribution is -2.36. The Balaban J connectivity index is 2.99. The highest BCUT2D eigenvalue weighted by Gasteiger charge is 2.19. The summed E-state index contributed by atoms with van der Waals surface area (Å²) in [7, 11) is 1.99. The van der Waals surface area contributed by atoms with E-state index in [-0.39, 0.29) is 11.4 Å². The minimum Gasteiger partial charge on any atom is -0.369 e. The van der Waals surface area contributed by atoms with Crippen LogP contribution < -0.4 is 10.2 Å². The average molecular weight is 294 g/mol. The summed E-state index contributed by atoms with van der Waals surface area (Å²) in [6.45, 7) is 13.6. The molecule has 1 unspecified atom stereocenters. The van der Waals surface area contributed by atoms with E-state index in [1.807, 2.05) is 13.1 Å². The molecule has 120 valence electrons. The Bertz CT molecular complexity index is 449. The van der Waals surface area contributed by atoms with Gasteiger partial charge in [0.15, 0.2) is 0 Å². The standard InChI is InChI=1S/C18H31FN2/c1-13(2)11-14(3)21(7)17-15(9-8-10-16(17)19)12-20-18(4,5)6/h8-10,13-14,20H,11-12H2,1-7H3. The largest absolute Gasteiger partial charge is 0.369 e. The van der Waals surface area contributed by atoms with E-state index in [0.29, 0.717) is 18.5 Å². The zero-order chi connectivity index (χ0) is 16.2. The summed E-state index contributed by atoms with van der Waals surface area (Å²) in [6.07, 6.45) is 1.05. The molecule has 3 heteroatoms. The molecule has 0 saturated carbocycles. The fraction of sp³-hybridized carbons (Fsp3) is 0.667. The number of benzene rings is 1. The molecule has 0 aliphatic rings. The smallest absolute Gasteiger partial charge is 0.146 e. The second-order valence-electron chi connectivity index (χ2n) is 7.44. The van der Waals surface area contributed by atoms with Gasteiger partial charge in [0.2, 0.25) is 0 Å². The number of nitrogens with one attached hydrogen (secondary N) is 1. The topological polar surface area (TPSA) is 15.3 Å². The summed E-state index contributed by atoms with van der Waals surface area (Å²) in [6, 6.07) is 5.67. The highest BCUT2D eigenvalue weighted by molar-refractivity contribution is 5.55. The summed E-state index contributed by atoms with van der Waals surface area (Å²) < 4.78 is 14.3. The van der Waals surface area contributed by atoms with Gasteiger partial charge >= 0.3 is 0 Å². The van der Waals surface area contributed by atoms with Crippen LogP contribution >= 0.6 is 0 Å². The molecule has 0 spiro atoms. The van der Waals surface area contributed by atoms with Crippen molar-refractivity contribution >= 4 is 5.69 Å². The van der Waals surface area contributed by atoms with Crippen LogP contribution in [0.4, 0.5) is 10.1 Å². The van der Waals surface area contributed by atoms with E-state index >= 15 is 0 Å². The van der Waals surface area contributed by atoms with Crippen molar-refractivity contribution in [2.45, 2.75) is 66.1 Å². The van der Waals surface area contributed by atoms with Crippen molar-refractivity contribution in [1.82, 2.24) is 5.32 Å². The van der Waals surface area contributed by atoms with Gasteiger partial charge in [0.25, 0.3) is 0 Å². The number of anilines is 1. The Labute approximate surface area is 129 Å². The zero-order valence-electron chi connectivity index (χ0n) is 14.6. The number of nitrogens with zero attached hydrogens (tertiary/aromatic N) is 1. The monoisotopic (exact) mass is 294 g/mol. The van der Waals surface area contributed by atoms with Crippen LogP contribution in [0.3, 0.4) is 0 Å². The van der Waals surface area contributed by atoms with Crippen LogP contribution in [0.5, 0.6) is 0 Å². The minimum absolute atomic E-state index is 0.0196. The molecule has 1 aromatic rings. The van der Waals surface area contributed by atoms with Gasteiger partial charge in [-0.15, -0.1) is 0 Å². The van der Waals surface area contributed by atoms with Crippen LogP contribution in [0.2, 0.25) is 0 Å². The molecule has 1 rings (SSSR count). The van der Waals surface area contributed by atoms with Crippen molar-refractivity contribution in [3.8, 4) is 0 Å². The van der Waals surface area contributed by atoms with Gasteiger partial charge in [0, 0.05) is 25.2 Å². The number of halogens is 1. The van der Waals surface area contributed by atoms with Crippen LogP contribution in [0, 0.1) is 11.7 Å². The lowest BCUT2D eigenvalue weighted by atomic mass is 10.0. The first-order chi connectivity index (χ1) is 9.61. The van der Waals surface area contributed by atoms with Crippen molar-refractivity contribution in [1.29, 1.82) is 0 Å². The van der Waals surface area contributed by atoms with Gasteiger partial charge in [-0.2, -0.15) is 0 Å². The van der Waals surface area contributed by atoms with E-state index in [0.717, 1.165) is 17.7 Å². The van der Waals surface area contributed by atoms with Gasteiger partial charge in [-0.05, 0) is 51.7 Å². The third kappa shape index (κ3) is 5.66. The van der Waals surface area contributed by atoms with Gasteiger partial charge in [-0.3, -0.25) is 0 Å². The summed E-state index contributed by atoms with van der Waals surface area (Å²) in [5, 5.41) is 3.45. The molecular weight excluding hydrogens is 263 g/mol. The maximum absolute atomic E-state index is 14.3. The van der Waals surface area contributed by atoms with E-state index in [2.05, 4.69) is 51.8 Å². The Hall–Kier alpha value is -1.09. The summed E-state index contributed by atoms with van der Waals surface area (Å²) in [4.78, 5) is 2.08. The second-order valence-corrected chi connectivity index (χ2v) is 7.44. The molecule has 1 aromatic carbocycles. The van der Waals surface area contributed by atoms with Crippen molar-refractivity contribution in [3.05, 3.63) is 29.6 Å². The first-order valence-electron chi connectivity index (χ1n) is 7.87. The van der Waals surface area contributed by atoms with Crippen molar-refractivity contribution in [2.75, 3.05) is 11.9 Å². The summed E-state index contributed by atoms with van der Waals surface area (Å²) in [5.74, 6) is 0.465. The molecule has 0 fully saturated rings. The van der Waals surface area contributed by atoms with E-state index < -0.39 is 0 Å². The van der Waals surface area contributed by atoms with E-state index in [9.17, 15) is 4.39 Å². The van der Waals surface area contributed by atoms with E-state index in [1.54, 1.807) is 12.1 Å². The first kappa shape index (κ1) is 18.0. The average Bonchev–Trinajstić information content (AvgIpc) is 2.33. The highest BCUT2D eigenvalue weighted by Crippen LogP contribution is 2.27. The van der Waals surface area contributed by atoms with Gasteiger partial charge in [0.1, 0.15) is 5.82 Å². The first-order valence-corrected chi connectivity index (χ1v) is 7.87. The van der Waals surface area contributed by atoms with Crippen LogP contribution in [-0.4, -0.2) is 18.6 Å². The Kier molecular flexibility index (Phi) is 6.21. The number of rotatable bonds is 6. The normalized spacial score (nSPS) is 13.6. The molecular formula is C18H31FN2. The molecule has 0 aliphatic carbocycles. The number of hydrogen-bond acceptors (Lipinski definition) is 2. The van der Waals surface area contributed by atoms with E-state index in [4.69, 9.17) is 0 Å². The Morgan fingerprint density at radius 3 is 2.33 bits per heavy atom. The SMILES string of the molecule is CC(C)CC(C)N(C)c1c(F)cccc1CNC(C)(C)C. The molecule has 0 saturated heterocycles.